The molecule has 0 radical (unpaired) electrons. The normalized spacial score (nSPS) is 54.6. The van der Waals surface area contributed by atoms with Crippen LogP contribution < -0.4 is 0 Å². The van der Waals surface area contributed by atoms with E-state index in [1.807, 2.05) is 0 Å². The van der Waals surface area contributed by atoms with Crippen molar-refractivity contribution in [3.8, 4) is 6.07 Å². The van der Waals surface area contributed by atoms with Crippen LogP contribution in [-0.2, 0) is 0 Å². The molecule has 2 rings (SSSR count). The molecule has 0 spiro atoms. The molecule has 0 aromatic heterocycles. The zero-order valence-electron chi connectivity index (χ0n) is 8.38. The third-order valence-electron chi connectivity index (χ3n) is 4.20. The van der Waals surface area contributed by atoms with Crippen LogP contribution in [0.1, 0.15) is 39.5 Å². The highest BCUT2D eigenvalue weighted by atomic mass is 16.3. The van der Waals surface area contributed by atoms with Gasteiger partial charge in [0.15, 0.2) is 0 Å². The molecule has 0 aromatic carbocycles. The third-order valence-corrected chi connectivity index (χ3v) is 4.20. The summed E-state index contributed by atoms with van der Waals surface area (Å²) < 4.78 is 0. The highest BCUT2D eigenvalue weighted by Crippen LogP contribution is 2.58. The average molecular weight is 179 g/mol. The third kappa shape index (κ3) is 1.10. The second kappa shape index (κ2) is 2.48. The summed E-state index contributed by atoms with van der Waals surface area (Å²) in [5, 5.41) is 19.4. The first-order valence-corrected chi connectivity index (χ1v) is 5.12. The van der Waals surface area contributed by atoms with Gasteiger partial charge in [0.1, 0.15) is 0 Å². The molecule has 0 unspecified atom stereocenters. The monoisotopic (exact) mass is 179 g/mol. The lowest BCUT2D eigenvalue weighted by Crippen LogP contribution is -2.42. The minimum Gasteiger partial charge on any atom is -0.388 e. The lowest BCUT2D eigenvalue weighted by atomic mass is 9.70. The van der Waals surface area contributed by atoms with Crippen molar-refractivity contribution in [2.45, 2.75) is 45.1 Å². The first-order valence-electron chi connectivity index (χ1n) is 5.12. The molecule has 0 saturated heterocycles. The van der Waals surface area contributed by atoms with Gasteiger partial charge in [0.2, 0.25) is 0 Å². The maximum Gasteiger partial charge on any atom is 0.0836 e. The van der Waals surface area contributed by atoms with E-state index in [4.69, 9.17) is 5.26 Å². The van der Waals surface area contributed by atoms with Gasteiger partial charge in [-0.2, -0.15) is 5.26 Å². The van der Waals surface area contributed by atoms with Gasteiger partial charge in [-0.05, 0) is 37.0 Å². The summed E-state index contributed by atoms with van der Waals surface area (Å²) in [5.41, 5.74) is -0.441. The molecule has 1 N–H and O–H groups in total. The van der Waals surface area contributed by atoms with Gasteiger partial charge in [0.05, 0.1) is 17.6 Å². The summed E-state index contributed by atoms with van der Waals surface area (Å²) in [6, 6.07) is 2.28. The number of hydrogen-bond donors (Lipinski definition) is 1. The van der Waals surface area contributed by atoms with Crippen LogP contribution in [0.3, 0.4) is 0 Å². The van der Waals surface area contributed by atoms with E-state index in [9.17, 15) is 5.11 Å². The largest absolute Gasteiger partial charge is 0.388 e. The van der Waals surface area contributed by atoms with E-state index in [0.717, 1.165) is 19.3 Å². The molecule has 2 bridgehead atoms. The Morgan fingerprint density at radius 1 is 1.54 bits per heavy atom. The van der Waals surface area contributed by atoms with Crippen LogP contribution in [0.4, 0.5) is 0 Å². The Morgan fingerprint density at radius 3 is 2.85 bits per heavy atom. The highest BCUT2D eigenvalue weighted by molar-refractivity contribution is 5.13. The smallest absolute Gasteiger partial charge is 0.0836 e. The summed E-state index contributed by atoms with van der Waals surface area (Å²) >= 11 is 0. The lowest BCUT2D eigenvalue weighted by molar-refractivity contribution is -0.0565. The Balaban J connectivity index is 2.35. The SMILES string of the molecule is C[C@@H]1CC[C@@]2(C)C[C@H](C#N)[C@]1(O)C2. The number of nitrogens with zero attached hydrogens (tertiary/aromatic N) is 1. The molecule has 2 heteroatoms. The van der Waals surface area contributed by atoms with Crippen molar-refractivity contribution < 1.29 is 5.11 Å². The first-order chi connectivity index (χ1) is 6.00. The topological polar surface area (TPSA) is 44.0 Å². The minimum absolute atomic E-state index is 0.130. The predicted octanol–water partition coefficient (Wildman–Crippen LogP) is 2.09. The number of aliphatic hydroxyl groups is 1. The summed E-state index contributed by atoms with van der Waals surface area (Å²) in [6.45, 7) is 4.29. The molecule has 4 atom stereocenters. The molecular weight excluding hydrogens is 162 g/mol. The van der Waals surface area contributed by atoms with Crippen molar-refractivity contribution in [3.63, 3.8) is 0 Å². The van der Waals surface area contributed by atoms with Crippen LogP contribution in [0.2, 0.25) is 0 Å². The number of fused-ring (bicyclic) bond motifs is 2. The second-order valence-electron chi connectivity index (χ2n) is 5.30. The first kappa shape index (κ1) is 9.02. The number of rotatable bonds is 0. The molecule has 0 heterocycles. The van der Waals surface area contributed by atoms with Crippen LogP contribution in [0, 0.1) is 28.6 Å². The average Bonchev–Trinajstić information content (AvgIpc) is 2.30. The second-order valence-corrected chi connectivity index (χ2v) is 5.30. The van der Waals surface area contributed by atoms with Crippen molar-refractivity contribution in [3.05, 3.63) is 0 Å². The fourth-order valence-electron chi connectivity index (χ4n) is 3.23. The zero-order valence-corrected chi connectivity index (χ0v) is 8.38. The van der Waals surface area contributed by atoms with E-state index in [1.165, 1.54) is 6.42 Å². The fourth-order valence-corrected chi connectivity index (χ4v) is 3.23. The van der Waals surface area contributed by atoms with Crippen LogP contribution in [0.15, 0.2) is 0 Å². The molecule has 0 aliphatic heterocycles. The van der Waals surface area contributed by atoms with Crippen molar-refractivity contribution in [1.82, 2.24) is 0 Å². The molecule has 2 aliphatic rings. The van der Waals surface area contributed by atoms with Gasteiger partial charge in [0, 0.05) is 0 Å². The Kier molecular flexibility index (Phi) is 1.72. The van der Waals surface area contributed by atoms with E-state index in [-0.39, 0.29) is 11.3 Å². The Labute approximate surface area is 79.6 Å². The van der Waals surface area contributed by atoms with Gasteiger partial charge in [-0.15, -0.1) is 0 Å². The standard InChI is InChI=1S/C11H17NO/c1-8-3-4-10(2)5-9(6-12)11(8,13)7-10/h8-9,13H,3-5,7H2,1-2H3/t8-,9-,10+,11+/m1/s1. The van der Waals surface area contributed by atoms with Gasteiger partial charge in [-0.25, -0.2) is 0 Å². The van der Waals surface area contributed by atoms with E-state index in [0.29, 0.717) is 5.92 Å². The van der Waals surface area contributed by atoms with Crippen LogP contribution >= 0.6 is 0 Å². The summed E-state index contributed by atoms with van der Waals surface area (Å²) in [5.74, 6) is 0.169. The predicted molar refractivity (Wildman–Crippen MR) is 49.8 cm³/mol. The Morgan fingerprint density at radius 2 is 2.23 bits per heavy atom. The summed E-state index contributed by atoms with van der Waals surface area (Å²) in [7, 11) is 0. The minimum atomic E-state index is -0.679. The van der Waals surface area contributed by atoms with Crippen molar-refractivity contribution in [2.75, 3.05) is 0 Å². The van der Waals surface area contributed by atoms with Gasteiger partial charge in [-0.1, -0.05) is 13.8 Å². The van der Waals surface area contributed by atoms with Crippen molar-refractivity contribution in [1.29, 1.82) is 5.26 Å². The lowest BCUT2D eigenvalue weighted by Gasteiger charge is -2.39. The molecule has 2 aliphatic carbocycles. The van der Waals surface area contributed by atoms with E-state index < -0.39 is 5.60 Å². The maximum absolute atomic E-state index is 10.4. The number of hydrogen-bond acceptors (Lipinski definition) is 2. The molecule has 2 saturated carbocycles. The zero-order chi connectivity index (χ0) is 9.69. The maximum atomic E-state index is 10.4. The fraction of sp³-hybridized carbons (Fsp3) is 0.909. The van der Waals surface area contributed by atoms with Crippen LogP contribution in [0.5, 0.6) is 0 Å². The quantitative estimate of drug-likeness (QED) is 0.618. The van der Waals surface area contributed by atoms with E-state index >= 15 is 0 Å². The van der Waals surface area contributed by atoms with Crippen molar-refractivity contribution in [2.24, 2.45) is 17.3 Å². The van der Waals surface area contributed by atoms with Gasteiger partial charge in [-0.3, -0.25) is 0 Å². The van der Waals surface area contributed by atoms with Crippen LogP contribution in [-0.4, -0.2) is 10.7 Å². The van der Waals surface area contributed by atoms with Gasteiger partial charge < -0.3 is 5.11 Å². The van der Waals surface area contributed by atoms with Gasteiger partial charge in [0.25, 0.3) is 0 Å². The molecule has 0 amide bonds. The molecule has 2 nitrogen and oxygen atoms in total. The summed E-state index contributed by atoms with van der Waals surface area (Å²) in [6.07, 6.45) is 3.98. The molecular formula is C11H17NO. The van der Waals surface area contributed by atoms with Crippen molar-refractivity contribution >= 4 is 0 Å². The number of nitriles is 1. The Bertz CT molecular complexity index is 270. The summed E-state index contributed by atoms with van der Waals surface area (Å²) in [4.78, 5) is 0. The van der Waals surface area contributed by atoms with Gasteiger partial charge >= 0.3 is 0 Å². The van der Waals surface area contributed by atoms with E-state index in [2.05, 4.69) is 19.9 Å². The van der Waals surface area contributed by atoms with Crippen LogP contribution in [0.25, 0.3) is 0 Å². The highest BCUT2D eigenvalue weighted by Gasteiger charge is 2.57. The molecule has 72 valence electrons. The molecule has 13 heavy (non-hydrogen) atoms. The molecule has 2 fully saturated rings. The molecule has 0 aromatic rings. The van der Waals surface area contributed by atoms with E-state index in [1.54, 1.807) is 0 Å². The Hall–Kier alpha value is -0.550.